The first-order chi connectivity index (χ1) is 11.6. The summed E-state index contributed by atoms with van der Waals surface area (Å²) in [5, 5.41) is 9.53. The van der Waals surface area contributed by atoms with Crippen LogP contribution < -0.4 is 0 Å². The molecule has 0 radical (unpaired) electrons. The topological polar surface area (TPSA) is 50.1 Å². The van der Waals surface area contributed by atoms with Crippen LogP contribution in [0, 0.1) is 16.7 Å². The molecule has 0 atom stereocenters. The molecule has 0 N–H and O–H groups in total. The van der Waals surface area contributed by atoms with Gasteiger partial charge in [-0.25, -0.2) is 4.79 Å². The van der Waals surface area contributed by atoms with Crippen molar-refractivity contribution in [3.05, 3.63) is 35.4 Å². The van der Waals surface area contributed by atoms with E-state index in [9.17, 15) is 10.1 Å². The molecule has 1 aliphatic carbocycles. The van der Waals surface area contributed by atoms with Crippen LogP contribution in [0.4, 0.5) is 0 Å². The fourth-order valence-electron chi connectivity index (χ4n) is 3.51. The Morgan fingerprint density at radius 2 is 1.88 bits per heavy atom. The van der Waals surface area contributed by atoms with Gasteiger partial charge in [0.2, 0.25) is 0 Å². The average molecular weight is 327 g/mol. The Bertz CT molecular complexity index is 562. The highest BCUT2D eigenvalue weighted by molar-refractivity contribution is 5.89. The van der Waals surface area contributed by atoms with E-state index in [1.54, 1.807) is 0 Å². The van der Waals surface area contributed by atoms with Gasteiger partial charge in [0.25, 0.3) is 0 Å². The summed E-state index contributed by atoms with van der Waals surface area (Å²) < 4.78 is 5.67. The Morgan fingerprint density at radius 3 is 2.42 bits per heavy atom. The maximum Gasteiger partial charge on any atom is 0.338 e. The van der Waals surface area contributed by atoms with Gasteiger partial charge in [-0.1, -0.05) is 45.2 Å². The number of nitrogens with zero attached hydrogens (tertiary/aromatic N) is 1. The molecule has 0 spiro atoms. The van der Waals surface area contributed by atoms with E-state index in [0.29, 0.717) is 5.56 Å². The van der Waals surface area contributed by atoms with Crippen molar-refractivity contribution < 1.29 is 9.53 Å². The highest BCUT2D eigenvalue weighted by Crippen LogP contribution is 2.41. The minimum atomic E-state index is -0.235. The van der Waals surface area contributed by atoms with Gasteiger partial charge in [0.15, 0.2) is 0 Å². The number of nitriles is 1. The van der Waals surface area contributed by atoms with Crippen molar-refractivity contribution in [2.45, 2.75) is 77.7 Å². The molecule has 0 unspecified atom stereocenters. The second-order valence-electron chi connectivity index (χ2n) is 7.05. The smallest absolute Gasteiger partial charge is 0.338 e. The third kappa shape index (κ3) is 4.84. The molecule has 1 fully saturated rings. The Balaban J connectivity index is 1.86. The molecule has 0 saturated heterocycles. The average Bonchev–Trinajstić information content (AvgIpc) is 2.62. The van der Waals surface area contributed by atoms with Crippen LogP contribution in [0.15, 0.2) is 24.3 Å². The quantitative estimate of drug-likeness (QED) is 0.627. The molecule has 0 aliphatic heterocycles. The lowest BCUT2D eigenvalue weighted by atomic mass is 9.71. The van der Waals surface area contributed by atoms with E-state index in [-0.39, 0.29) is 17.5 Å². The van der Waals surface area contributed by atoms with Crippen LogP contribution in [0.2, 0.25) is 0 Å². The molecule has 1 aliphatic rings. The predicted molar refractivity (Wildman–Crippen MR) is 95.7 cm³/mol. The number of aryl methyl sites for hydroxylation is 1. The van der Waals surface area contributed by atoms with Gasteiger partial charge in [0.05, 0.1) is 17.0 Å². The van der Waals surface area contributed by atoms with E-state index in [0.717, 1.165) is 57.8 Å². The zero-order valence-corrected chi connectivity index (χ0v) is 15.0. The van der Waals surface area contributed by atoms with Gasteiger partial charge in [-0.15, -0.1) is 0 Å². The standard InChI is InChI=1S/C21H29NO2/c1-3-5-13-21(16-22)14-11-19(12-15-21)24-20(23)18-9-7-17(6-4-2)8-10-18/h7-10,19H,3-6,11-15H2,1-2H3. The fourth-order valence-corrected chi connectivity index (χ4v) is 3.51. The van der Waals surface area contributed by atoms with E-state index in [1.165, 1.54) is 5.56 Å². The maximum atomic E-state index is 12.3. The van der Waals surface area contributed by atoms with Crippen LogP contribution in [0.1, 0.15) is 81.1 Å². The first-order valence-corrected chi connectivity index (χ1v) is 9.33. The number of hydrogen-bond acceptors (Lipinski definition) is 3. The second kappa shape index (κ2) is 8.87. The van der Waals surface area contributed by atoms with Crippen LogP contribution in [0.3, 0.4) is 0 Å². The SMILES string of the molecule is CCCCC1(C#N)CCC(OC(=O)c2ccc(CCC)cc2)CC1. The van der Waals surface area contributed by atoms with Crippen molar-refractivity contribution in [1.82, 2.24) is 0 Å². The molecule has 0 aromatic heterocycles. The molecule has 24 heavy (non-hydrogen) atoms. The van der Waals surface area contributed by atoms with Gasteiger partial charge >= 0.3 is 5.97 Å². The summed E-state index contributed by atoms with van der Waals surface area (Å²) in [6.07, 6.45) is 8.58. The molecule has 130 valence electrons. The monoisotopic (exact) mass is 327 g/mol. The van der Waals surface area contributed by atoms with Crippen LogP contribution in [-0.4, -0.2) is 12.1 Å². The maximum absolute atomic E-state index is 12.3. The number of esters is 1. The van der Waals surface area contributed by atoms with Crippen LogP contribution in [-0.2, 0) is 11.2 Å². The van der Waals surface area contributed by atoms with Gasteiger partial charge < -0.3 is 4.74 Å². The molecule has 0 amide bonds. The third-order valence-electron chi connectivity index (χ3n) is 5.14. The highest BCUT2D eigenvalue weighted by Gasteiger charge is 2.36. The molecule has 1 aromatic rings. The lowest BCUT2D eigenvalue weighted by Crippen LogP contribution is -2.31. The summed E-state index contributed by atoms with van der Waals surface area (Å²) in [4.78, 5) is 12.3. The van der Waals surface area contributed by atoms with E-state index >= 15 is 0 Å². The zero-order chi connectivity index (χ0) is 17.4. The fraction of sp³-hybridized carbons (Fsp3) is 0.619. The van der Waals surface area contributed by atoms with Crippen molar-refractivity contribution >= 4 is 5.97 Å². The van der Waals surface area contributed by atoms with Crippen molar-refractivity contribution in [3.8, 4) is 6.07 Å². The van der Waals surface area contributed by atoms with E-state index < -0.39 is 0 Å². The number of ether oxygens (including phenoxy) is 1. The first-order valence-electron chi connectivity index (χ1n) is 9.33. The summed E-state index contributed by atoms with van der Waals surface area (Å²) in [5.74, 6) is -0.235. The number of unbranched alkanes of at least 4 members (excludes halogenated alkanes) is 1. The molecule has 0 bridgehead atoms. The van der Waals surface area contributed by atoms with Crippen LogP contribution >= 0.6 is 0 Å². The Labute approximate surface area is 146 Å². The zero-order valence-electron chi connectivity index (χ0n) is 15.0. The lowest BCUT2D eigenvalue weighted by molar-refractivity contribution is 0.0105. The van der Waals surface area contributed by atoms with Crippen LogP contribution in [0.25, 0.3) is 0 Å². The van der Waals surface area contributed by atoms with E-state index in [4.69, 9.17) is 4.74 Å². The van der Waals surface area contributed by atoms with Crippen molar-refractivity contribution in [2.24, 2.45) is 5.41 Å². The van der Waals surface area contributed by atoms with Crippen LogP contribution in [0.5, 0.6) is 0 Å². The van der Waals surface area contributed by atoms with Crippen molar-refractivity contribution in [3.63, 3.8) is 0 Å². The Hall–Kier alpha value is -1.82. The molecule has 0 heterocycles. The Kier molecular flexibility index (Phi) is 6.85. The first kappa shape index (κ1) is 18.5. The number of carbonyl (C=O) groups excluding carboxylic acids is 1. The number of carbonyl (C=O) groups is 1. The molecule has 3 heteroatoms. The molecule has 2 rings (SSSR count). The molecule has 1 saturated carbocycles. The summed E-state index contributed by atoms with van der Waals surface area (Å²) in [6.45, 7) is 4.30. The lowest BCUT2D eigenvalue weighted by Gasteiger charge is -2.34. The van der Waals surface area contributed by atoms with Gasteiger partial charge in [-0.2, -0.15) is 5.26 Å². The molecular weight excluding hydrogens is 298 g/mol. The minimum absolute atomic E-state index is 0.0454. The van der Waals surface area contributed by atoms with Gasteiger partial charge in [0.1, 0.15) is 6.10 Å². The molecule has 1 aromatic carbocycles. The van der Waals surface area contributed by atoms with Gasteiger partial charge in [0, 0.05) is 0 Å². The van der Waals surface area contributed by atoms with E-state index in [2.05, 4.69) is 19.9 Å². The summed E-state index contributed by atoms with van der Waals surface area (Å²) in [7, 11) is 0. The number of benzene rings is 1. The van der Waals surface area contributed by atoms with Gasteiger partial charge in [-0.05, 0) is 56.2 Å². The van der Waals surface area contributed by atoms with Crippen molar-refractivity contribution in [1.29, 1.82) is 5.26 Å². The second-order valence-corrected chi connectivity index (χ2v) is 7.05. The largest absolute Gasteiger partial charge is 0.459 e. The number of rotatable bonds is 7. The molecule has 3 nitrogen and oxygen atoms in total. The predicted octanol–water partition coefficient (Wildman–Crippen LogP) is 5.44. The summed E-state index contributed by atoms with van der Waals surface area (Å²) >= 11 is 0. The highest BCUT2D eigenvalue weighted by atomic mass is 16.5. The molecular formula is C21H29NO2. The third-order valence-corrected chi connectivity index (χ3v) is 5.14. The summed E-state index contributed by atoms with van der Waals surface area (Å²) in [5.41, 5.74) is 1.68. The van der Waals surface area contributed by atoms with Crippen molar-refractivity contribution in [2.75, 3.05) is 0 Å². The van der Waals surface area contributed by atoms with E-state index in [1.807, 2.05) is 24.3 Å². The Morgan fingerprint density at radius 1 is 1.21 bits per heavy atom. The normalized spacial score (nSPS) is 23.5. The minimum Gasteiger partial charge on any atom is -0.459 e. The van der Waals surface area contributed by atoms with Gasteiger partial charge in [-0.3, -0.25) is 0 Å². The number of hydrogen-bond donors (Lipinski definition) is 0. The summed E-state index contributed by atoms with van der Waals surface area (Å²) in [6, 6.07) is 10.3.